The number of esters is 1. The van der Waals surface area contributed by atoms with E-state index in [1.807, 2.05) is 12.3 Å². The Morgan fingerprint density at radius 2 is 2.12 bits per heavy atom. The SMILES string of the molecule is COC(=O)C1CCC(N(C)c2ccc[nH]2)CC1. The molecule has 1 aliphatic rings. The molecule has 1 aromatic rings. The third kappa shape index (κ3) is 2.62. The van der Waals surface area contributed by atoms with Gasteiger partial charge in [-0.3, -0.25) is 4.79 Å². The summed E-state index contributed by atoms with van der Waals surface area (Å²) in [6.45, 7) is 0. The summed E-state index contributed by atoms with van der Waals surface area (Å²) in [6.07, 6.45) is 5.90. The third-order valence-corrected chi connectivity index (χ3v) is 3.74. The quantitative estimate of drug-likeness (QED) is 0.818. The van der Waals surface area contributed by atoms with Gasteiger partial charge in [-0.2, -0.15) is 0 Å². The fraction of sp³-hybridized carbons (Fsp3) is 0.615. The number of nitrogens with one attached hydrogen (secondary N) is 1. The van der Waals surface area contributed by atoms with Crippen LogP contribution in [-0.4, -0.2) is 31.2 Å². The average Bonchev–Trinajstić information content (AvgIpc) is 2.91. The van der Waals surface area contributed by atoms with Crippen molar-refractivity contribution < 1.29 is 9.53 Å². The van der Waals surface area contributed by atoms with Crippen LogP contribution >= 0.6 is 0 Å². The highest BCUT2D eigenvalue weighted by atomic mass is 16.5. The largest absolute Gasteiger partial charge is 0.469 e. The zero-order valence-electron chi connectivity index (χ0n) is 10.5. The second-order valence-corrected chi connectivity index (χ2v) is 4.69. The second-order valence-electron chi connectivity index (χ2n) is 4.69. The smallest absolute Gasteiger partial charge is 0.308 e. The van der Waals surface area contributed by atoms with Gasteiger partial charge in [-0.15, -0.1) is 0 Å². The van der Waals surface area contributed by atoms with Crippen molar-refractivity contribution in [3.05, 3.63) is 18.3 Å². The van der Waals surface area contributed by atoms with Crippen LogP contribution in [-0.2, 0) is 9.53 Å². The first-order chi connectivity index (χ1) is 8.22. The Bertz CT molecular complexity index is 354. The number of anilines is 1. The lowest BCUT2D eigenvalue weighted by molar-refractivity contribution is -0.146. The summed E-state index contributed by atoms with van der Waals surface area (Å²) in [6, 6.07) is 4.60. The molecule has 1 aliphatic carbocycles. The molecule has 1 fully saturated rings. The zero-order valence-corrected chi connectivity index (χ0v) is 10.5. The van der Waals surface area contributed by atoms with E-state index in [9.17, 15) is 4.79 Å². The monoisotopic (exact) mass is 236 g/mol. The fourth-order valence-electron chi connectivity index (χ4n) is 2.60. The molecule has 17 heavy (non-hydrogen) atoms. The number of nitrogens with zero attached hydrogens (tertiary/aromatic N) is 1. The molecule has 0 aromatic carbocycles. The van der Waals surface area contributed by atoms with Crippen LogP contribution in [0.2, 0.25) is 0 Å². The molecule has 0 saturated heterocycles. The lowest BCUT2D eigenvalue weighted by Gasteiger charge is -2.34. The summed E-state index contributed by atoms with van der Waals surface area (Å²) >= 11 is 0. The summed E-state index contributed by atoms with van der Waals surface area (Å²) in [5, 5.41) is 0. The van der Waals surface area contributed by atoms with E-state index >= 15 is 0 Å². The van der Waals surface area contributed by atoms with Crippen LogP contribution in [0.3, 0.4) is 0 Å². The normalized spacial score (nSPS) is 24.4. The standard InChI is InChI=1S/C13H20N2O2/c1-15(12-4-3-9-14-12)11-7-5-10(6-8-11)13(16)17-2/h3-4,9-11,14H,5-8H2,1-2H3. The number of aromatic nitrogens is 1. The number of aromatic amines is 1. The van der Waals surface area contributed by atoms with Crippen LogP contribution in [0, 0.1) is 5.92 Å². The second kappa shape index (κ2) is 5.25. The zero-order chi connectivity index (χ0) is 12.3. The highest BCUT2D eigenvalue weighted by molar-refractivity contribution is 5.72. The Morgan fingerprint density at radius 3 is 2.65 bits per heavy atom. The topological polar surface area (TPSA) is 45.3 Å². The summed E-state index contributed by atoms with van der Waals surface area (Å²) in [7, 11) is 3.58. The van der Waals surface area contributed by atoms with E-state index in [1.165, 1.54) is 7.11 Å². The number of carbonyl (C=O) groups is 1. The molecule has 94 valence electrons. The van der Waals surface area contributed by atoms with Gasteiger partial charge < -0.3 is 14.6 Å². The van der Waals surface area contributed by atoms with Crippen molar-refractivity contribution in [3.8, 4) is 0 Å². The maximum atomic E-state index is 11.4. The number of ether oxygens (including phenoxy) is 1. The Labute approximate surface area is 102 Å². The summed E-state index contributed by atoms with van der Waals surface area (Å²) < 4.78 is 4.80. The van der Waals surface area contributed by atoms with Gasteiger partial charge >= 0.3 is 5.97 Å². The lowest BCUT2D eigenvalue weighted by Crippen LogP contribution is -2.37. The minimum Gasteiger partial charge on any atom is -0.469 e. The Kier molecular flexibility index (Phi) is 3.71. The molecular weight excluding hydrogens is 216 g/mol. The van der Waals surface area contributed by atoms with Gasteiger partial charge in [-0.1, -0.05) is 0 Å². The van der Waals surface area contributed by atoms with Gasteiger partial charge in [-0.25, -0.2) is 0 Å². The average molecular weight is 236 g/mol. The Hall–Kier alpha value is -1.45. The van der Waals surface area contributed by atoms with Gasteiger partial charge in [0, 0.05) is 19.3 Å². The summed E-state index contributed by atoms with van der Waals surface area (Å²) in [4.78, 5) is 16.9. The van der Waals surface area contributed by atoms with Crippen molar-refractivity contribution in [2.24, 2.45) is 5.92 Å². The molecule has 1 N–H and O–H groups in total. The van der Waals surface area contributed by atoms with E-state index in [0.29, 0.717) is 6.04 Å². The number of methoxy groups -OCH3 is 1. The van der Waals surface area contributed by atoms with Crippen LogP contribution in [0.25, 0.3) is 0 Å². The van der Waals surface area contributed by atoms with Crippen molar-refractivity contribution in [3.63, 3.8) is 0 Å². The molecule has 4 heteroatoms. The minimum atomic E-state index is -0.0500. The predicted molar refractivity (Wildman–Crippen MR) is 67.0 cm³/mol. The van der Waals surface area contributed by atoms with Crippen LogP contribution in [0.15, 0.2) is 18.3 Å². The van der Waals surface area contributed by atoms with Crippen LogP contribution in [0.5, 0.6) is 0 Å². The third-order valence-electron chi connectivity index (χ3n) is 3.74. The van der Waals surface area contributed by atoms with Crippen LogP contribution in [0.4, 0.5) is 5.82 Å². The van der Waals surface area contributed by atoms with Crippen LogP contribution in [0.1, 0.15) is 25.7 Å². The molecule has 1 aromatic heterocycles. The number of hydrogen-bond donors (Lipinski definition) is 1. The van der Waals surface area contributed by atoms with Crippen molar-refractivity contribution in [1.82, 2.24) is 4.98 Å². The fourth-order valence-corrected chi connectivity index (χ4v) is 2.60. The first-order valence-electron chi connectivity index (χ1n) is 6.16. The molecule has 1 heterocycles. The van der Waals surface area contributed by atoms with E-state index < -0.39 is 0 Å². The molecule has 0 bridgehead atoms. The number of carbonyl (C=O) groups excluding carboxylic acids is 1. The van der Waals surface area contributed by atoms with Crippen molar-refractivity contribution in [1.29, 1.82) is 0 Å². The highest BCUT2D eigenvalue weighted by Gasteiger charge is 2.28. The van der Waals surface area contributed by atoms with E-state index in [0.717, 1.165) is 31.5 Å². The molecule has 2 rings (SSSR count). The highest BCUT2D eigenvalue weighted by Crippen LogP contribution is 2.29. The molecule has 0 unspecified atom stereocenters. The van der Waals surface area contributed by atoms with Gasteiger partial charge in [0.25, 0.3) is 0 Å². The maximum absolute atomic E-state index is 11.4. The van der Waals surface area contributed by atoms with Crippen molar-refractivity contribution in [2.45, 2.75) is 31.7 Å². The summed E-state index contributed by atoms with van der Waals surface area (Å²) in [5.74, 6) is 1.20. The van der Waals surface area contributed by atoms with E-state index in [2.05, 4.69) is 23.0 Å². The lowest BCUT2D eigenvalue weighted by atomic mass is 9.85. The van der Waals surface area contributed by atoms with Gasteiger partial charge in [0.1, 0.15) is 5.82 Å². The first kappa shape index (κ1) is 12.0. The van der Waals surface area contributed by atoms with Gasteiger partial charge in [0.15, 0.2) is 0 Å². The first-order valence-corrected chi connectivity index (χ1v) is 6.16. The van der Waals surface area contributed by atoms with Gasteiger partial charge in [-0.05, 0) is 37.8 Å². The van der Waals surface area contributed by atoms with Gasteiger partial charge in [0.2, 0.25) is 0 Å². The van der Waals surface area contributed by atoms with E-state index in [-0.39, 0.29) is 11.9 Å². The molecular formula is C13H20N2O2. The van der Waals surface area contributed by atoms with E-state index in [4.69, 9.17) is 4.74 Å². The van der Waals surface area contributed by atoms with Crippen molar-refractivity contribution in [2.75, 3.05) is 19.1 Å². The van der Waals surface area contributed by atoms with Crippen molar-refractivity contribution >= 4 is 11.8 Å². The van der Waals surface area contributed by atoms with Crippen LogP contribution < -0.4 is 4.90 Å². The number of H-pyrrole nitrogens is 1. The molecule has 0 aliphatic heterocycles. The summed E-state index contributed by atoms with van der Waals surface area (Å²) in [5.41, 5.74) is 0. The minimum absolute atomic E-state index is 0.0500. The molecule has 0 atom stereocenters. The van der Waals surface area contributed by atoms with Gasteiger partial charge in [0.05, 0.1) is 13.0 Å². The Morgan fingerprint density at radius 1 is 1.41 bits per heavy atom. The maximum Gasteiger partial charge on any atom is 0.308 e. The number of rotatable bonds is 3. The predicted octanol–water partition coefficient (Wildman–Crippen LogP) is 2.18. The molecule has 0 radical (unpaired) electrons. The van der Waals surface area contributed by atoms with E-state index in [1.54, 1.807) is 0 Å². The number of hydrogen-bond acceptors (Lipinski definition) is 3. The molecule has 4 nitrogen and oxygen atoms in total. The Balaban J connectivity index is 1.89. The molecule has 0 amide bonds. The molecule has 0 spiro atoms. The molecule has 1 saturated carbocycles.